The molecule has 30 heavy (non-hydrogen) atoms. The van der Waals surface area contributed by atoms with Crippen LogP contribution < -0.4 is 21.1 Å². The number of aromatic nitrogens is 2. The van der Waals surface area contributed by atoms with Gasteiger partial charge in [0.2, 0.25) is 17.8 Å². The highest BCUT2D eigenvalue weighted by molar-refractivity contribution is 6.00. The van der Waals surface area contributed by atoms with Crippen LogP contribution in [0.3, 0.4) is 0 Å². The Morgan fingerprint density at radius 1 is 1.20 bits per heavy atom. The van der Waals surface area contributed by atoms with Crippen molar-refractivity contribution in [2.75, 3.05) is 29.9 Å². The zero-order valence-corrected chi connectivity index (χ0v) is 17.1. The molecule has 3 heterocycles. The zero-order valence-electron chi connectivity index (χ0n) is 17.1. The van der Waals surface area contributed by atoms with Gasteiger partial charge in [-0.3, -0.25) is 19.4 Å². The van der Waals surface area contributed by atoms with Crippen LogP contribution in [0.25, 0.3) is 0 Å². The first-order valence-electron chi connectivity index (χ1n) is 10.6. The monoisotopic (exact) mass is 409 g/mol. The molecule has 0 radical (unpaired) electrons. The Labute approximate surface area is 175 Å². The van der Waals surface area contributed by atoms with Crippen LogP contribution in [0.15, 0.2) is 35.1 Å². The number of carbonyl (C=O) groups is 2. The molecule has 3 N–H and O–H groups in total. The summed E-state index contributed by atoms with van der Waals surface area (Å²) in [7, 11) is 0. The minimum absolute atomic E-state index is 0.0478. The fraction of sp³-hybridized carbons (Fsp3) is 0.455. The summed E-state index contributed by atoms with van der Waals surface area (Å²) in [6.07, 6.45) is 3.01. The summed E-state index contributed by atoms with van der Waals surface area (Å²) in [6, 6.07) is 10.5. The van der Waals surface area contributed by atoms with Gasteiger partial charge in [-0.15, -0.1) is 0 Å². The molecule has 1 fully saturated rings. The van der Waals surface area contributed by atoms with Gasteiger partial charge in [-0.05, 0) is 37.7 Å². The van der Waals surface area contributed by atoms with Crippen LogP contribution in [0.1, 0.15) is 43.2 Å². The van der Waals surface area contributed by atoms with Gasteiger partial charge in [-0.25, -0.2) is 0 Å². The first-order valence-corrected chi connectivity index (χ1v) is 10.6. The summed E-state index contributed by atoms with van der Waals surface area (Å²) in [5.74, 6) is -0.188. The number of nitrogens with one attached hydrogen (secondary N) is 3. The van der Waals surface area contributed by atoms with Crippen LogP contribution in [0.5, 0.6) is 0 Å². The molecule has 8 heteroatoms. The van der Waals surface area contributed by atoms with Crippen molar-refractivity contribution in [2.45, 2.75) is 38.5 Å². The number of carbonyl (C=O) groups excluding carboxylic acids is 2. The highest BCUT2D eigenvalue weighted by atomic mass is 16.2. The number of rotatable bonds is 5. The van der Waals surface area contributed by atoms with Crippen LogP contribution in [0.2, 0.25) is 0 Å². The van der Waals surface area contributed by atoms with E-state index in [9.17, 15) is 14.4 Å². The van der Waals surface area contributed by atoms with E-state index in [2.05, 4.69) is 44.9 Å². The first-order chi connectivity index (χ1) is 14.5. The number of hydrogen-bond donors (Lipinski definition) is 3. The van der Waals surface area contributed by atoms with Gasteiger partial charge in [-0.1, -0.05) is 30.3 Å². The van der Waals surface area contributed by atoms with Crippen molar-refractivity contribution in [3.8, 4) is 0 Å². The van der Waals surface area contributed by atoms with E-state index in [0.29, 0.717) is 18.4 Å². The Morgan fingerprint density at radius 3 is 2.63 bits per heavy atom. The average molecular weight is 409 g/mol. The fourth-order valence-corrected chi connectivity index (χ4v) is 4.33. The Morgan fingerprint density at radius 2 is 1.93 bits per heavy atom. The number of piperidine rings is 1. The molecular formula is C22H27N5O3. The molecule has 1 aromatic heterocycles. The third-order valence-corrected chi connectivity index (χ3v) is 5.89. The van der Waals surface area contributed by atoms with Crippen LogP contribution in [0.4, 0.5) is 11.8 Å². The largest absolute Gasteiger partial charge is 0.356 e. The fourth-order valence-electron chi connectivity index (χ4n) is 4.33. The zero-order chi connectivity index (χ0) is 21.1. The van der Waals surface area contributed by atoms with E-state index in [-0.39, 0.29) is 35.2 Å². The molecule has 8 nitrogen and oxygen atoms in total. The quantitative estimate of drug-likeness (QED) is 0.698. The van der Waals surface area contributed by atoms with Gasteiger partial charge < -0.3 is 15.5 Å². The molecule has 0 unspecified atom stereocenters. The molecule has 0 spiro atoms. The van der Waals surface area contributed by atoms with Crippen LogP contribution in [-0.2, 0) is 16.0 Å². The van der Waals surface area contributed by atoms with Crippen LogP contribution in [-0.4, -0.2) is 41.4 Å². The van der Waals surface area contributed by atoms with Gasteiger partial charge in [0.15, 0.2) is 0 Å². The van der Waals surface area contributed by atoms with Gasteiger partial charge in [0.25, 0.3) is 5.56 Å². The van der Waals surface area contributed by atoms with E-state index in [1.165, 1.54) is 5.56 Å². The molecule has 2 amide bonds. The Hall–Kier alpha value is -3.16. The Bertz CT molecular complexity index is 980. The first kappa shape index (κ1) is 20.1. The van der Waals surface area contributed by atoms with Crippen LogP contribution in [0, 0.1) is 5.92 Å². The molecule has 1 saturated heterocycles. The van der Waals surface area contributed by atoms with E-state index in [1.54, 1.807) is 6.92 Å². The topological polar surface area (TPSA) is 107 Å². The lowest BCUT2D eigenvalue weighted by Crippen LogP contribution is -2.41. The smallest absolute Gasteiger partial charge is 0.258 e. The van der Waals surface area contributed by atoms with Crippen molar-refractivity contribution in [1.82, 2.24) is 15.3 Å². The van der Waals surface area contributed by atoms with Crippen molar-refractivity contribution in [3.63, 3.8) is 0 Å². The minimum Gasteiger partial charge on any atom is -0.356 e. The highest BCUT2D eigenvalue weighted by Crippen LogP contribution is 2.30. The van der Waals surface area contributed by atoms with Gasteiger partial charge in [0, 0.05) is 26.1 Å². The van der Waals surface area contributed by atoms with Crippen molar-refractivity contribution in [1.29, 1.82) is 0 Å². The number of likely N-dealkylation sites (N-methyl/N-ethyl adjacent to an activating group) is 1. The third kappa shape index (κ3) is 4.22. The predicted octanol–water partition coefficient (Wildman–Crippen LogP) is 1.79. The maximum absolute atomic E-state index is 12.8. The number of anilines is 2. The van der Waals surface area contributed by atoms with Gasteiger partial charge in [-0.2, -0.15) is 4.98 Å². The number of nitrogens with zero attached hydrogens (tertiary/aromatic N) is 2. The number of hydrogen-bond acceptors (Lipinski definition) is 5. The molecule has 1 atom stereocenters. The summed E-state index contributed by atoms with van der Waals surface area (Å²) in [5.41, 5.74) is 1.22. The standard InChI is InChI=1S/C22H27N5O3/c1-2-23-20(29)16-13-17(28)24-19-18(16)21(30)26-22(25-19)27-10-8-15(9-11-27)12-14-6-4-3-5-7-14/h3-7,15-16H,2,8-13H2,1H3,(H,23,29)(H2,24,25,26,28,30)/t16-/m0/s1. The Kier molecular flexibility index (Phi) is 5.83. The lowest BCUT2D eigenvalue weighted by Gasteiger charge is -2.33. The highest BCUT2D eigenvalue weighted by Gasteiger charge is 2.35. The van der Waals surface area contributed by atoms with Crippen molar-refractivity contribution in [3.05, 3.63) is 51.8 Å². The number of amides is 2. The SMILES string of the molecule is CCNC(=O)[C@H]1CC(=O)Nc2nc(N3CCC(Cc4ccccc4)CC3)[nH]c(=O)c21. The third-order valence-electron chi connectivity index (χ3n) is 5.89. The van der Waals surface area contributed by atoms with Crippen LogP contribution >= 0.6 is 0 Å². The van der Waals surface area contributed by atoms with Gasteiger partial charge in [0.1, 0.15) is 5.82 Å². The van der Waals surface area contributed by atoms with E-state index in [4.69, 9.17) is 0 Å². The Balaban J connectivity index is 1.49. The second kappa shape index (κ2) is 8.69. The van der Waals surface area contributed by atoms with Crippen molar-refractivity contribution < 1.29 is 9.59 Å². The lowest BCUT2D eigenvalue weighted by molar-refractivity contribution is -0.126. The number of benzene rings is 1. The van der Waals surface area contributed by atoms with Crippen molar-refractivity contribution >= 4 is 23.6 Å². The van der Waals surface area contributed by atoms with E-state index < -0.39 is 5.92 Å². The molecule has 0 saturated carbocycles. The molecule has 158 valence electrons. The minimum atomic E-state index is -0.810. The normalized spacial score (nSPS) is 19.2. The van der Waals surface area contributed by atoms with E-state index in [0.717, 1.165) is 32.4 Å². The van der Waals surface area contributed by atoms with Gasteiger partial charge in [0.05, 0.1) is 11.5 Å². The summed E-state index contributed by atoms with van der Waals surface area (Å²) >= 11 is 0. The predicted molar refractivity (Wildman–Crippen MR) is 115 cm³/mol. The van der Waals surface area contributed by atoms with E-state index >= 15 is 0 Å². The average Bonchev–Trinajstić information content (AvgIpc) is 2.74. The molecule has 2 aliphatic heterocycles. The molecule has 0 bridgehead atoms. The lowest BCUT2D eigenvalue weighted by atomic mass is 9.90. The maximum Gasteiger partial charge on any atom is 0.258 e. The summed E-state index contributed by atoms with van der Waals surface area (Å²) in [6.45, 7) is 3.81. The second-order valence-electron chi connectivity index (χ2n) is 7.97. The van der Waals surface area contributed by atoms with Gasteiger partial charge >= 0.3 is 0 Å². The van der Waals surface area contributed by atoms with E-state index in [1.807, 2.05) is 11.0 Å². The molecule has 1 aromatic carbocycles. The number of H-pyrrole nitrogens is 1. The summed E-state index contributed by atoms with van der Waals surface area (Å²) in [5, 5.41) is 5.37. The molecule has 4 rings (SSSR count). The molecule has 2 aromatic rings. The number of fused-ring (bicyclic) bond motifs is 1. The molecule has 2 aliphatic rings. The summed E-state index contributed by atoms with van der Waals surface area (Å²) < 4.78 is 0. The summed E-state index contributed by atoms with van der Waals surface area (Å²) in [4.78, 5) is 46.7. The molecule has 0 aliphatic carbocycles. The number of aromatic amines is 1. The molecular weight excluding hydrogens is 382 g/mol. The second-order valence-corrected chi connectivity index (χ2v) is 7.97. The maximum atomic E-state index is 12.8. The van der Waals surface area contributed by atoms with Crippen molar-refractivity contribution in [2.24, 2.45) is 5.92 Å².